The first-order chi connectivity index (χ1) is 17.6. The highest BCUT2D eigenvalue weighted by Crippen LogP contribution is 2.47. The standard InChI is InChI=1S/C18H16F5N3O2.C7H10N2/c19-14-9(2-1-3-10(14)15(20)21)7-25-16(28)11-8-26(13(27)6-12(11)24)18(4-5-18)17(22)23;1-2-4-9-6-8-5-7(9)3-1/h1-3,6,8,15,17H,4-5,7,24H2,(H,25,28);5-6H,1-4H2. The van der Waals surface area contributed by atoms with E-state index in [9.17, 15) is 31.5 Å². The molecular formula is C25H26F5N5O2. The molecular weight excluding hydrogens is 497 g/mol. The third-order valence-electron chi connectivity index (χ3n) is 6.64. The second kappa shape index (κ2) is 10.7. The van der Waals surface area contributed by atoms with Gasteiger partial charge in [0, 0.05) is 42.8 Å². The lowest BCUT2D eigenvalue weighted by atomic mass is 10.1. The zero-order chi connectivity index (χ0) is 26.7. The zero-order valence-corrected chi connectivity index (χ0v) is 19.8. The summed E-state index contributed by atoms with van der Waals surface area (Å²) in [7, 11) is 0. The van der Waals surface area contributed by atoms with Crippen LogP contribution in [0.15, 0.2) is 47.8 Å². The van der Waals surface area contributed by atoms with Crippen molar-refractivity contribution in [3.63, 3.8) is 0 Å². The number of nitrogens with two attached hydrogens (primary N) is 1. The lowest BCUT2D eigenvalue weighted by Crippen LogP contribution is -2.37. The number of benzene rings is 1. The maximum absolute atomic E-state index is 14.0. The molecule has 1 saturated carbocycles. The van der Waals surface area contributed by atoms with Crippen molar-refractivity contribution in [3.05, 3.63) is 81.5 Å². The zero-order valence-electron chi connectivity index (χ0n) is 19.8. The number of pyridine rings is 1. The molecule has 1 aliphatic heterocycles. The van der Waals surface area contributed by atoms with Crippen molar-refractivity contribution in [2.75, 3.05) is 5.73 Å². The maximum atomic E-state index is 14.0. The Hall–Kier alpha value is -3.70. The number of hydrogen-bond donors (Lipinski definition) is 2. The normalized spacial score (nSPS) is 15.6. The number of carbonyl (C=O) groups excluding carboxylic acids is 1. The average molecular weight is 524 g/mol. The van der Waals surface area contributed by atoms with Gasteiger partial charge in [-0.25, -0.2) is 26.9 Å². The summed E-state index contributed by atoms with van der Waals surface area (Å²) in [6.45, 7) is 0.749. The number of anilines is 1. The van der Waals surface area contributed by atoms with E-state index in [-0.39, 0.29) is 29.7 Å². The first-order valence-electron chi connectivity index (χ1n) is 11.8. The largest absolute Gasteiger partial charge is 0.398 e. The fourth-order valence-electron chi connectivity index (χ4n) is 4.30. The van der Waals surface area contributed by atoms with Crippen LogP contribution in [0.3, 0.4) is 0 Å². The van der Waals surface area contributed by atoms with Crippen LogP contribution < -0.4 is 16.6 Å². The number of alkyl halides is 4. The molecule has 37 heavy (non-hydrogen) atoms. The average Bonchev–Trinajstić information content (AvgIpc) is 3.53. The minimum atomic E-state index is -3.01. The van der Waals surface area contributed by atoms with Crippen molar-refractivity contribution in [1.29, 1.82) is 0 Å². The summed E-state index contributed by atoms with van der Waals surface area (Å²) >= 11 is 0. The van der Waals surface area contributed by atoms with Crippen LogP contribution in [0.5, 0.6) is 0 Å². The Labute approximate surface area is 209 Å². The summed E-state index contributed by atoms with van der Waals surface area (Å²) in [5, 5.41) is 2.30. The van der Waals surface area contributed by atoms with Crippen molar-refractivity contribution < 1.29 is 26.7 Å². The molecule has 5 rings (SSSR count). The number of aryl methyl sites for hydroxylation is 2. The third-order valence-corrected chi connectivity index (χ3v) is 6.64. The molecule has 1 fully saturated rings. The van der Waals surface area contributed by atoms with Crippen LogP contribution in [0, 0.1) is 5.82 Å². The minimum Gasteiger partial charge on any atom is -0.398 e. The molecule has 12 heteroatoms. The first kappa shape index (κ1) is 26.4. The molecule has 0 saturated heterocycles. The predicted octanol–water partition coefficient (Wildman–Crippen LogP) is 4.41. The van der Waals surface area contributed by atoms with Gasteiger partial charge in [0.15, 0.2) is 0 Å². The minimum absolute atomic E-state index is 0.0845. The summed E-state index contributed by atoms with van der Waals surface area (Å²) in [5.41, 5.74) is 3.20. The van der Waals surface area contributed by atoms with E-state index >= 15 is 0 Å². The highest BCUT2D eigenvalue weighted by atomic mass is 19.3. The molecule has 2 aromatic heterocycles. The Kier molecular flexibility index (Phi) is 7.65. The van der Waals surface area contributed by atoms with Gasteiger partial charge in [0.25, 0.3) is 24.3 Å². The highest BCUT2D eigenvalue weighted by Gasteiger charge is 2.53. The molecule has 198 valence electrons. The Morgan fingerprint density at radius 1 is 1.19 bits per heavy atom. The van der Waals surface area contributed by atoms with Gasteiger partial charge in [-0.1, -0.05) is 18.2 Å². The van der Waals surface area contributed by atoms with E-state index in [4.69, 9.17) is 5.73 Å². The number of hydrogen-bond acceptors (Lipinski definition) is 4. The Morgan fingerprint density at radius 2 is 1.95 bits per heavy atom. The molecule has 2 aliphatic rings. The molecule has 7 nitrogen and oxygen atoms in total. The van der Waals surface area contributed by atoms with Gasteiger partial charge in [0.1, 0.15) is 11.4 Å². The molecule has 3 N–H and O–H groups in total. The van der Waals surface area contributed by atoms with Crippen molar-refractivity contribution in [1.82, 2.24) is 19.4 Å². The van der Waals surface area contributed by atoms with Crippen molar-refractivity contribution >= 4 is 11.6 Å². The number of halogens is 5. The molecule has 0 unspecified atom stereocenters. The molecule has 3 aromatic rings. The molecule has 0 bridgehead atoms. The summed E-state index contributed by atoms with van der Waals surface area (Å²) in [6.07, 6.45) is 3.10. The van der Waals surface area contributed by atoms with Crippen LogP contribution in [-0.4, -0.2) is 26.5 Å². The van der Waals surface area contributed by atoms with Crippen LogP contribution in [0.4, 0.5) is 27.6 Å². The van der Waals surface area contributed by atoms with E-state index < -0.39 is 47.8 Å². The van der Waals surface area contributed by atoms with Crippen LogP contribution in [0.2, 0.25) is 0 Å². The molecule has 1 aromatic carbocycles. The molecule has 1 aliphatic carbocycles. The van der Waals surface area contributed by atoms with Gasteiger partial charge < -0.3 is 20.2 Å². The number of rotatable bonds is 6. The lowest BCUT2D eigenvalue weighted by molar-refractivity contribution is 0.0648. The SMILES string of the molecule is Nc1cc(=O)n(C2(C(F)F)CC2)cc1C(=O)NCc1cccc(C(F)F)c1F.c1ncn2c1CCCC2. The molecule has 0 spiro atoms. The van der Waals surface area contributed by atoms with E-state index in [2.05, 4.69) is 14.9 Å². The van der Waals surface area contributed by atoms with Gasteiger partial charge in [-0.05, 0) is 32.1 Å². The number of nitrogens with one attached hydrogen (secondary N) is 1. The van der Waals surface area contributed by atoms with Crippen LogP contribution in [0.25, 0.3) is 0 Å². The number of nitrogens with zero attached hydrogens (tertiary/aromatic N) is 3. The summed E-state index contributed by atoms with van der Waals surface area (Å²) in [6, 6.07) is 4.25. The Balaban J connectivity index is 0.000000295. The summed E-state index contributed by atoms with van der Waals surface area (Å²) in [4.78, 5) is 28.5. The second-order valence-electron chi connectivity index (χ2n) is 9.09. The summed E-state index contributed by atoms with van der Waals surface area (Å²) in [5.74, 6) is -2.00. The molecule has 1 amide bonds. The quantitative estimate of drug-likeness (QED) is 0.468. The van der Waals surface area contributed by atoms with E-state index in [1.807, 2.05) is 12.5 Å². The molecule has 3 heterocycles. The van der Waals surface area contributed by atoms with E-state index in [1.54, 1.807) is 0 Å². The second-order valence-corrected chi connectivity index (χ2v) is 9.09. The van der Waals surface area contributed by atoms with Crippen LogP contribution in [0.1, 0.15) is 59.3 Å². The topological polar surface area (TPSA) is 94.9 Å². The maximum Gasteiger partial charge on any atom is 0.266 e. The fraction of sp³-hybridized carbons (Fsp3) is 0.400. The van der Waals surface area contributed by atoms with Gasteiger partial charge >= 0.3 is 0 Å². The Bertz CT molecular complexity index is 1310. The van der Waals surface area contributed by atoms with E-state index in [0.29, 0.717) is 0 Å². The van der Waals surface area contributed by atoms with Crippen LogP contribution in [-0.2, 0) is 25.0 Å². The van der Waals surface area contributed by atoms with E-state index in [1.165, 1.54) is 43.6 Å². The fourth-order valence-corrected chi connectivity index (χ4v) is 4.30. The monoisotopic (exact) mass is 523 g/mol. The van der Waals surface area contributed by atoms with Gasteiger partial charge in [0.05, 0.1) is 23.1 Å². The number of imidazole rings is 1. The number of carbonyl (C=O) groups is 1. The van der Waals surface area contributed by atoms with E-state index in [0.717, 1.165) is 22.9 Å². The van der Waals surface area contributed by atoms with Crippen LogP contribution >= 0.6 is 0 Å². The van der Waals surface area contributed by atoms with Gasteiger partial charge in [-0.2, -0.15) is 0 Å². The number of aromatic nitrogens is 3. The Morgan fingerprint density at radius 3 is 2.59 bits per heavy atom. The van der Waals surface area contributed by atoms with Crippen molar-refractivity contribution in [2.24, 2.45) is 0 Å². The predicted molar refractivity (Wildman–Crippen MR) is 126 cm³/mol. The molecule has 0 radical (unpaired) electrons. The first-order valence-corrected chi connectivity index (χ1v) is 11.8. The number of fused-ring (bicyclic) bond motifs is 1. The van der Waals surface area contributed by atoms with Gasteiger partial charge in [-0.15, -0.1) is 0 Å². The lowest BCUT2D eigenvalue weighted by Gasteiger charge is -2.19. The van der Waals surface area contributed by atoms with Gasteiger partial charge in [-0.3, -0.25) is 9.59 Å². The number of nitrogen functional groups attached to an aromatic ring is 1. The van der Waals surface area contributed by atoms with Crippen molar-refractivity contribution in [3.8, 4) is 0 Å². The molecule has 0 atom stereocenters. The van der Waals surface area contributed by atoms with Crippen molar-refractivity contribution in [2.45, 2.75) is 63.6 Å². The smallest absolute Gasteiger partial charge is 0.266 e. The third kappa shape index (κ3) is 5.52. The summed E-state index contributed by atoms with van der Waals surface area (Å²) < 4.78 is 69.2. The van der Waals surface area contributed by atoms with Gasteiger partial charge in [0.2, 0.25) is 0 Å². The number of amides is 1. The highest BCUT2D eigenvalue weighted by molar-refractivity contribution is 5.98.